The molecule has 2 N–H and O–H groups in total. The number of carbonyl (C=O) groups is 1. The van der Waals surface area contributed by atoms with Crippen molar-refractivity contribution < 1.29 is 4.79 Å². The second-order valence-electron chi connectivity index (χ2n) is 9.27. The van der Waals surface area contributed by atoms with Crippen molar-refractivity contribution in [3.05, 3.63) is 29.6 Å². The molecular formula is C21H27N3O. The second-order valence-corrected chi connectivity index (χ2v) is 9.27. The zero-order valence-corrected chi connectivity index (χ0v) is 15.3. The Morgan fingerprint density at radius 2 is 2.16 bits per heavy atom. The Labute approximate surface area is 148 Å². The molecule has 4 atom stereocenters. The molecule has 3 saturated carbocycles. The predicted molar refractivity (Wildman–Crippen MR) is 98.5 cm³/mol. The van der Waals surface area contributed by atoms with E-state index in [9.17, 15) is 4.79 Å². The average Bonchev–Trinajstić information content (AvgIpc) is 3.13. The van der Waals surface area contributed by atoms with Crippen LogP contribution in [-0.4, -0.2) is 21.9 Å². The number of hydrogen-bond acceptors (Lipinski definition) is 2. The van der Waals surface area contributed by atoms with E-state index in [4.69, 9.17) is 0 Å². The van der Waals surface area contributed by atoms with Gasteiger partial charge in [0.25, 0.3) is 5.91 Å². The molecule has 0 spiro atoms. The van der Waals surface area contributed by atoms with Crippen LogP contribution in [0.3, 0.4) is 0 Å². The molecule has 1 unspecified atom stereocenters. The molecule has 25 heavy (non-hydrogen) atoms. The van der Waals surface area contributed by atoms with Crippen molar-refractivity contribution in [2.45, 2.75) is 58.4 Å². The van der Waals surface area contributed by atoms with Gasteiger partial charge in [0.15, 0.2) is 0 Å². The number of hydrogen-bond donors (Lipinski definition) is 2. The summed E-state index contributed by atoms with van der Waals surface area (Å²) in [7, 11) is 0. The van der Waals surface area contributed by atoms with Crippen molar-refractivity contribution in [2.75, 3.05) is 0 Å². The van der Waals surface area contributed by atoms with Gasteiger partial charge in [-0.2, -0.15) is 0 Å². The van der Waals surface area contributed by atoms with E-state index >= 15 is 0 Å². The number of fused-ring (bicyclic) bond motifs is 3. The van der Waals surface area contributed by atoms with E-state index in [0.717, 1.165) is 17.0 Å². The highest BCUT2D eigenvalue weighted by atomic mass is 16.2. The maximum absolute atomic E-state index is 12.9. The Bertz CT molecular complexity index is 846. The highest BCUT2D eigenvalue weighted by Gasteiger charge is 2.54. The van der Waals surface area contributed by atoms with Crippen LogP contribution in [0.15, 0.2) is 18.3 Å². The van der Waals surface area contributed by atoms with Gasteiger partial charge in [0.2, 0.25) is 0 Å². The molecule has 0 radical (unpaired) electrons. The number of rotatable bonds is 3. The SMILES string of the molecule is C[C@@H]1[C@@H](NC(=O)c2cc3c(C4CC4)ccnc3[nH]2)C2C[C@@H]1C(C)(C)C2. The minimum Gasteiger partial charge on any atom is -0.347 e. The molecule has 2 aromatic rings. The van der Waals surface area contributed by atoms with Gasteiger partial charge >= 0.3 is 0 Å². The lowest BCUT2D eigenvalue weighted by molar-refractivity contribution is 0.0832. The summed E-state index contributed by atoms with van der Waals surface area (Å²) < 4.78 is 0. The van der Waals surface area contributed by atoms with E-state index in [1.807, 2.05) is 12.3 Å². The molecule has 0 aliphatic heterocycles. The van der Waals surface area contributed by atoms with Gasteiger partial charge in [-0.25, -0.2) is 4.98 Å². The van der Waals surface area contributed by atoms with Crippen LogP contribution in [0.4, 0.5) is 0 Å². The lowest BCUT2D eigenvalue weighted by Crippen LogP contribution is -2.46. The van der Waals surface area contributed by atoms with E-state index in [0.29, 0.717) is 34.9 Å². The highest BCUT2D eigenvalue weighted by molar-refractivity contribution is 5.98. The molecule has 4 heteroatoms. The van der Waals surface area contributed by atoms with E-state index in [1.54, 1.807) is 0 Å². The van der Waals surface area contributed by atoms with Gasteiger partial charge in [0, 0.05) is 17.6 Å². The minimum atomic E-state index is 0.0296. The number of H-pyrrole nitrogens is 1. The fraction of sp³-hybridized carbons (Fsp3) is 0.619. The maximum Gasteiger partial charge on any atom is 0.268 e. The molecule has 3 aliphatic carbocycles. The third kappa shape index (κ3) is 2.33. The van der Waals surface area contributed by atoms with E-state index in [-0.39, 0.29) is 5.91 Å². The largest absolute Gasteiger partial charge is 0.347 e. The van der Waals surface area contributed by atoms with Crippen LogP contribution in [0.25, 0.3) is 11.0 Å². The van der Waals surface area contributed by atoms with Gasteiger partial charge in [-0.05, 0) is 72.5 Å². The van der Waals surface area contributed by atoms with Gasteiger partial charge < -0.3 is 10.3 Å². The smallest absolute Gasteiger partial charge is 0.268 e. The molecule has 0 aromatic carbocycles. The van der Waals surface area contributed by atoms with Crippen LogP contribution < -0.4 is 5.32 Å². The predicted octanol–water partition coefficient (Wildman–Crippen LogP) is 4.24. The number of carbonyl (C=O) groups excluding carboxylic acids is 1. The summed E-state index contributed by atoms with van der Waals surface area (Å²) in [5, 5.41) is 4.46. The Kier molecular flexibility index (Phi) is 3.14. The Balaban J connectivity index is 1.39. The van der Waals surface area contributed by atoms with Gasteiger partial charge in [-0.3, -0.25) is 4.79 Å². The lowest BCUT2D eigenvalue weighted by Gasteiger charge is -2.39. The van der Waals surface area contributed by atoms with Crippen LogP contribution in [0.2, 0.25) is 0 Å². The monoisotopic (exact) mass is 337 g/mol. The Morgan fingerprint density at radius 1 is 1.36 bits per heavy atom. The zero-order valence-electron chi connectivity index (χ0n) is 15.3. The summed E-state index contributed by atoms with van der Waals surface area (Å²) in [4.78, 5) is 20.5. The van der Waals surface area contributed by atoms with E-state index in [1.165, 1.54) is 31.2 Å². The zero-order chi connectivity index (χ0) is 17.3. The van der Waals surface area contributed by atoms with Gasteiger partial charge in [-0.1, -0.05) is 20.8 Å². The molecule has 2 aromatic heterocycles. The third-order valence-corrected chi connectivity index (χ3v) is 7.18. The topological polar surface area (TPSA) is 57.8 Å². The van der Waals surface area contributed by atoms with Crippen LogP contribution >= 0.6 is 0 Å². The van der Waals surface area contributed by atoms with E-state index < -0.39 is 0 Å². The lowest BCUT2D eigenvalue weighted by atomic mass is 9.70. The summed E-state index contributed by atoms with van der Waals surface area (Å²) in [6, 6.07) is 4.43. The second kappa shape index (κ2) is 5.09. The summed E-state index contributed by atoms with van der Waals surface area (Å²) in [6.45, 7) is 7.08. The van der Waals surface area contributed by atoms with Crippen LogP contribution in [0, 0.1) is 23.2 Å². The standard InChI is InChI=1S/C21H27N3O/c1-11-16-8-13(10-21(16,2)3)18(11)24-20(25)17-9-15-14(12-4-5-12)6-7-22-19(15)23-17/h6-7,9,11-13,16,18H,4-5,8,10H2,1-3H3,(H,22,23)(H,24,25)/t11-,13?,16-,18+/m0/s1. The van der Waals surface area contributed by atoms with Crippen LogP contribution in [0.1, 0.15) is 68.4 Å². The number of nitrogens with one attached hydrogen (secondary N) is 2. The normalized spacial score (nSPS) is 33.1. The molecule has 2 bridgehead atoms. The summed E-state index contributed by atoms with van der Waals surface area (Å²) in [5.74, 6) is 2.60. The van der Waals surface area contributed by atoms with Gasteiger partial charge in [0.05, 0.1) is 0 Å². The molecule has 3 fully saturated rings. The number of pyridine rings is 1. The van der Waals surface area contributed by atoms with Crippen molar-refractivity contribution in [3.8, 4) is 0 Å². The highest BCUT2D eigenvalue weighted by Crippen LogP contribution is 2.58. The minimum absolute atomic E-state index is 0.0296. The molecule has 0 saturated heterocycles. The molecule has 5 rings (SSSR count). The summed E-state index contributed by atoms with van der Waals surface area (Å²) >= 11 is 0. The van der Waals surface area contributed by atoms with Crippen molar-refractivity contribution in [1.29, 1.82) is 0 Å². The van der Waals surface area contributed by atoms with Gasteiger partial charge in [-0.15, -0.1) is 0 Å². The molecule has 1 amide bonds. The van der Waals surface area contributed by atoms with Crippen molar-refractivity contribution >= 4 is 16.9 Å². The fourth-order valence-electron chi connectivity index (χ4n) is 5.83. The van der Waals surface area contributed by atoms with Crippen molar-refractivity contribution in [3.63, 3.8) is 0 Å². The molecule has 4 nitrogen and oxygen atoms in total. The quantitative estimate of drug-likeness (QED) is 0.880. The Hall–Kier alpha value is -1.84. The first-order valence-corrected chi connectivity index (χ1v) is 9.72. The van der Waals surface area contributed by atoms with Crippen LogP contribution in [0.5, 0.6) is 0 Å². The third-order valence-electron chi connectivity index (χ3n) is 7.18. The average molecular weight is 337 g/mol. The summed E-state index contributed by atoms with van der Waals surface area (Å²) in [6.07, 6.45) is 6.86. The van der Waals surface area contributed by atoms with Crippen molar-refractivity contribution in [2.24, 2.45) is 23.2 Å². The fourth-order valence-corrected chi connectivity index (χ4v) is 5.83. The maximum atomic E-state index is 12.9. The molecule has 2 heterocycles. The van der Waals surface area contributed by atoms with Crippen molar-refractivity contribution in [1.82, 2.24) is 15.3 Å². The first-order chi connectivity index (χ1) is 11.9. The number of amides is 1. The van der Waals surface area contributed by atoms with E-state index in [2.05, 4.69) is 42.1 Å². The Morgan fingerprint density at radius 3 is 2.84 bits per heavy atom. The first-order valence-electron chi connectivity index (χ1n) is 9.72. The number of aromatic nitrogens is 2. The first kappa shape index (κ1) is 15.4. The molecular weight excluding hydrogens is 310 g/mol. The molecule has 132 valence electrons. The number of nitrogens with zero attached hydrogens (tertiary/aromatic N) is 1. The summed E-state index contributed by atoms with van der Waals surface area (Å²) in [5.41, 5.74) is 3.27. The van der Waals surface area contributed by atoms with Crippen LogP contribution in [-0.2, 0) is 0 Å². The molecule has 3 aliphatic rings. The van der Waals surface area contributed by atoms with Gasteiger partial charge in [0.1, 0.15) is 11.3 Å². The number of aromatic amines is 1.